The van der Waals surface area contributed by atoms with Crippen molar-refractivity contribution in [2.75, 3.05) is 0 Å². The topological polar surface area (TPSA) is 24.9 Å². The molecule has 2 nitrogen and oxygen atoms in total. The summed E-state index contributed by atoms with van der Waals surface area (Å²) in [5, 5.41) is 3.27. The Morgan fingerprint density at radius 3 is 3.07 bits per heavy atom. The molecule has 1 aliphatic carbocycles. The molecule has 0 amide bonds. The number of nitrogens with zero attached hydrogens (tertiary/aromatic N) is 1. The van der Waals surface area contributed by atoms with Gasteiger partial charge >= 0.3 is 0 Å². The van der Waals surface area contributed by atoms with Crippen LogP contribution in [0.5, 0.6) is 0 Å². The highest BCUT2D eigenvalue weighted by molar-refractivity contribution is 7.09. The monoisotopic (exact) mass is 214 g/mol. The van der Waals surface area contributed by atoms with Crippen molar-refractivity contribution >= 4 is 11.3 Å². The van der Waals surface area contributed by atoms with Gasteiger partial charge in [-0.3, -0.25) is 4.98 Å². The van der Waals surface area contributed by atoms with Crippen LogP contribution in [0.25, 0.3) is 0 Å². The fourth-order valence-corrected chi connectivity index (χ4v) is 2.42. The fourth-order valence-electron chi connectivity index (χ4n) is 1.88. The summed E-state index contributed by atoms with van der Waals surface area (Å²) in [4.78, 5) is 5.17. The standard InChI is InChI=1S/C10H15FN2S/c11-9-3-1-2-4-10(9)13-6-8-5-12-7-14-8/h5,7,9-10,13H,1-4,6H2/t9-,10-/m1/s1. The molecule has 1 heterocycles. The Morgan fingerprint density at radius 1 is 1.50 bits per heavy atom. The van der Waals surface area contributed by atoms with Crippen molar-refractivity contribution in [1.82, 2.24) is 10.3 Å². The van der Waals surface area contributed by atoms with E-state index in [1.165, 1.54) is 4.88 Å². The maximum atomic E-state index is 13.4. The Balaban J connectivity index is 1.79. The van der Waals surface area contributed by atoms with E-state index in [1.54, 1.807) is 11.3 Å². The van der Waals surface area contributed by atoms with Gasteiger partial charge in [0.1, 0.15) is 6.17 Å². The summed E-state index contributed by atoms with van der Waals surface area (Å²) >= 11 is 1.62. The lowest BCUT2D eigenvalue weighted by atomic mass is 9.94. The molecule has 2 atom stereocenters. The molecule has 0 unspecified atom stereocenters. The SMILES string of the molecule is F[C@@H]1CCCC[C@H]1NCc1cncs1. The van der Waals surface area contributed by atoms with Gasteiger partial charge in [0.15, 0.2) is 0 Å². The second-order valence-corrected chi connectivity index (χ2v) is 4.73. The van der Waals surface area contributed by atoms with Crippen LogP contribution >= 0.6 is 11.3 Å². The number of halogens is 1. The minimum absolute atomic E-state index is 0.0610. The predicted molar refractivity (Wildman–Crippen MR) is 56.1 cm³/mol. The van der Waals surface area contributed by atoms with Crippen molar-refractivity contribution in [3.63, 3.8) is 0 Å². The van der Waals surface area contributed by atoms with Crippen LogP contribution in [0.1, 0.15) is 30.6 Å². The molecule has 0 radical (unpaired) electrons. The summed E-state index contributed by atoms with van der Waals surface area (Å²) in [6, 6.07) is 0.0610. The van der Waals surface area contributed by atoms with Crippen LogP contribution in [0, 0.1) is 0 Å². The van der Waals surface area contributed by atoms with Gasteiger partial charge in [-0.1, -0.05) is 12.8 Å². The lowest BCUT2D eigenvalue weighted by molar-refractivity contribution is 0.188. The Morgan fingerprint density at radius 2 is 2.36 bits per heavy atom. The van der Waals surface area contributed by atoms with Gasteiger partial charge in [-0.05, 0) is 12.8 Å². The van der Waals surface area contributed by atoms with Crippen LogP contribution in [0.2, 0.25) is 0 Å². The molecular formula is C10H15FN2S. The fraction of sp³-hybridized carbons (Fsp3) is 0.700. The molecule has 1 aromatic rings. The number of alkyl halides is 1. The largest absolute Gasteiger partial charge is 0.306 e. The van der Waals surface area contributed by atoms with Gasteiger partial charge in [-0.2, -0.15) is 0 Å². The van der Waals surface area contributed by atoms with Crippen molar-refractivity contribution in [3.8, 4) is 0 Å². The first-order chi connectivity index (χ1) is 6.86. The second-order valence-electron chi connectivity index (χ2n) is 3.76. The molecule has 1 saturated carbocycles. The molecule has 2 rings (SSSR count). The molecule has 14 heavy (non-hydrogen) atoms. The molecule has 0 spiro atoms. The lowest BCUT2D eigenvalue weighted by Crippen LogP contribution is -2.39. The van der Waals surface area contributed by atoms with Gasteiger partial charge in [-0.25, -0.2) is 4.39 Å². The quantitative estimate of drug-likeness (QED) is 0.836. The van der Waals surface area contributed by atoms with Crippen LogP contribution in [0.4, 0.5) is 4.39 Å². The Hall–Kier alpha value is -0.480. The summed E-state index contributed by atoms with van der Waals surface area (Å²) < 4.78 is 13.4. The zero-order valence-electron chi connectivity index (χ0n) is 8.08. The van der Waals surface area contributed by atoms with E-state index in [0.29, 0.717) is 0 Å². The van der Waals surface area contributed by atoms with E-state index in [9.17, 15) is 4.39 Å². The molecule has 0 bridgehead atoms. The molecule has 0 aliphatic heterocycles. The number of rotatable bonds is 3. The van der Waals surface area contributed by atoms with E-state index in [-0.39, 0.29) is 6.04 Å². The van der Waals surface area contributed by atoms with Gasteiger partial charge in [0, 0.05) is 23.7 Å². The van der Waals surface area contributed by atoms with E-state index in [0.717, 1.165) is 32.2 Å². The van der Waals surface area contributed by atoms with Crippen LogP contribution < -0.4 is 5.32 Å². The number of nitrogens with one attached hydrogen (secondary N) is 1. The first-order valence-corrected chi connectivity index (χ1v) is 5.99. The molecule has 78 valence electrons. The van der Waals surface area contributed by atoms with Crippen LogP contribution in [0.3, 0.4) is 0 Å². The van der Waals surface area contributed by atoms with Crippen LogP contribution in [-0.2, 0) is 6.54 Å². The zero-order valence-corrected chi connectivity index (χ0v) is 8.89. The molecule has 0 saturated heterocycles. The van der Waals surface area contributed by atoms with E-state index >= 15 is 0 Å². The van der Waals surface area contributed by atoms with Crippen molar-refractivity contribution in [3.05, 3.63) is 16.6 Å². The normalized spacial score (nSPS) is 27.8. The van der Waals surface area contributed by atoms with Gasteiger partial charge in [-0.15, -0.1) is 11.3 Å². The van der Waals surface area contributed by atoms with Gasteiger partial charge in [0.05, 0.1) is 5.51 Å². The highest BCUT2D eigenvalue weighted by Crippen LogP contribution is 2.21. The number of thiazole rings is 1. The predicted octanol–water partition coefficient (Wildman–Crippen LogP) is 2.51. The first-order valence-electron chi connectivity index (χ1n) is 5.11. The van der Waals surface area contributed by atoms with Crippen LogP contribution in [-0.4, -0.2) is 17.2 Å². The van der Waals surface area contributed by atoms with Crippen molar-refractivity contribution in [2.45, 2.75) is 44.4 Å². The Bertz CT molecular complexity index is 263. The van der Waals surface area contributed by atoms with Crippen molar-refractivity contribution in [1.29, 1.82) is 0 Å². The summed E-state index contributed by atoms with van der Waals surface area (Å²) in [7, 11) is 0. The third kappa shape index (κ3) is 2.51. The minimum Gasteiger partial charge on any atom is -0.306 e. The van der Waals surface area contributed by atoms with Gasteiger partial charge in [0.25, 0.3) is 0 Å². The molecule has 1 fully saturated rings. The van der Waals surface area contributed by atoms with Gasteiger partial charge < -0.3 is 5.32 Å². The molecular weight excluding hydrogens is 199 g/mol. The van der Waals surface area contributed by atoms with E-state index < -0.39 is 6.17 Å². The maximum absolute atomic E-state index is 13.4. The second kappa shape index (κ2) is 4.84. The zero-order chi connectivity index (χ0) is 9.80. The van der Waals surface area contributed by atoms with Crippen molar-refractivity contribution < 1.29 is 4.39 Å². The lowest BCUT2D eigenvalue weighted by Gasteiger charge is -2.26. The average Bonchev–Trinajstić information content (AvgIpc) is 2.69. The molecule has 0 aromatic carbocycles. The van der Waals surface area contributed by atoms with E-state index in [1.807, 2.05) is 11.7 Å². The molecule has 1 aromatic heterocycles. The van der Waals surface area contributed by atoms with E-state index in [2.05, 4.69) is 10.3 Å². The summed E-state index contributed by atoms with van der Waals surface area (Å²) in [6.45, 7) is 0.760. The number of hydrogen-bond donors (Lipinski definition) is 1. The van der Waals surface area contributed by atoms with Gasteiger partial charge in [0.2, 0.25) is 0 Å². The highest BCUT2D eigenvalue weighted by Gasteiger charge is 2.23. The Labute approximate surface area is 87.6 Å². The third-order valence-corrected chi connectivity index (χ3v) is 3.48. The molecule has 1 aliphatic rings. The summed E-state index contributed by atoms with van der Waals surface area (Å²) in [5.74, 6) is 0. The smallest absolute Gasteiger partial charge is 0.115 e. The summed E-state index contributed by atoms with van der Waals surface area (Å²) in [6.07, 6.45) is 5.08. The van der Waals surface area contributed by atoms with E-state index in [4.69, 9.17) is 0 Å². The highest BCUT2D eigenvalue weighted by atomic mass is 32.1. The number of aromatic nitrogens is 1. The minimum atomic E-state index is -0.656. The Kier molecular flexibility index (Phi) is 3.48. The number of hydrogen-bond acceptors (Lipinski definition) is 3. The summed E-state index contributed by atoms with van der Waals surface area (Å²) in [5.41, 5.74) is 1.81. The molecule has 1 N–H and O–H groups in total. The van der Waals surface area contributed by atoms with Crippen LogP contribution in [0.15, 0.2) is 11.7 Å². The first kappa shape index (κ1) is 10.1. The maximum Gasteiger partial charge on any atom is 0.115 e. The molecule has 4 heteroatoms. The third-order valence-electron chi connectivity index (χ3n) is 2.70. The average molecular weight is 214 g/mol. The van der Waals surface area contributed by atoms with Crippen molar-refractivity contribution in [2.24, 2.45) is 0 Å².